The Morgan fingerprint density at radius 3 is 2.74 bits per heavy atom. The van der Waals surface area contributed by atoms with Crippen LogP contribution in [-0.2, 0) is 11.3 Å². The van der Waals surface area contributed by atoms with Crippen LogP contribution >= 0.6 is 11.6 Å². The number of carboxylic acid groups (broad SMARTS) is 1. The second-order valence-electron chi connectivity index (χ2n) is 9.44. The summed E-state index contributed by atoms with van der Waals surface area (Å²) in [5, 5.41) is 9.87. The first-order valence-corrected chi connectivity index (χ1v) is 12.6. The van der Waals surface area contributed by atoms with Gasteiger partial charge in [0, 0.05) is 29.7 Å². The molecule has 0 fully saturated rings. The third-order valence-electron chi connectivity index (χ3n) is 6.96. The number of halogens is 1. The van der Waals surface area contributed by atoms with Crippen molar-refractivity contribution in [3.8, 4) is 11.3 Å². The Morgan fingerprint density at radius 2 is 1.97 bits per heavy atom. The fraction of sp³-hybridized carbons (Fsp3) is 0.267. The van der Waals surface area contributed by atoms with Crippen molar-refractivity contribution >= 4 is 34.8 Å². The molecule has 3 aromatic rings. The Morgan fingerprint density at radius 1 is 1.17 bits per heavy atom. The number of benzene rings is 2. The fourth-order valence-corrected chi connectivity index (χ4v) is 5.52. The molecule has 0 saturated heterocycles. The van der Waals surface area contributed by atoms with Crippen molar-refractivity contribution in [2.75, 3.05) is 0 Å². The molecular weight excluding hydrogens is 456 g/mol. The molecule has 1 aromatic heterocycles. The lowest BCUT2D eigenvalue weighted by molar-refractivity contribution is -0.137. The van der Waals surface area contributed by atoms with Gasteiger partial charge in [0.2, 0.25) is 0 Å². The summed E-state index contributed by atoms with van der Waals surface area (Å²) < 4.78 is 2.10. The number of hydrogen-bond acceptors (Lipinski definition) is 2. The number of hydrogen-bond donors (Lipinski definition) is 1. The number of rotatable bonds is 6. The zero-order valence-corrected chi connectivity index (χ0v) is 20.8. The molecule has 0 spiro atoms. The van der Waals surface area contributed by atoms with Gasteiger partial charge in [-0.1, -0.05) is 61.0 Å². The molecule has 35 heavy (non-hydrogen) atoms. The number of fused-ring (bicyclic) bond motifs is 2. The molecule has 5 rings (SSSR count). The van der Waals surface area contributed by atoms with E-state index in [4.69, 9.17) is 21.7 Å². The summed E-state index contributed by atoms with van der Waals surface area (Å²) in [4.78, 5) is 16.2. The molecule has 178 valence electrons. The molecule has 5 heteroatoms. The highest BCUT2D eigenvalue weighted by Gasteiger charge is 2.29. The summed E-state index contributed by atoms with van der Waals surface area (Å²) in [5.41, 5.74) is 9.57. The van der Waals surface area contributed by atoms with Crippen molar-refractivity contribution in [1.82, 2.24) is 9.55 Å². The smallest absolute Gasteiger partial charge is 0.303 e. The molecule has 1 heterocycles. The van der Waals surface area contributed by atoms with E-state index in [2.05, 4.69) is 54.0 Å². The van der Waals surface area contributed by atoms with Crippen LogP contribution in [0.15, 0.2) is 66.4 Å². The maximum atomic E-state index is 11.2. The van der Waals surface area contributed by atoms with Crippen LogP contribution in [0.4, 0.5) is 0 Å². The summed E-state index contributed by atoms with van der Waals surface area (Å²) in [5.74, 6) is 0.483. The first-order valence-electron chi connectivity index (χ1n) is 12.2. The number of nitrogens with zero attached hydrogens (tertiary/aromatic N) is 2. The van der Waals surface area contributed by atoms with Crippen LogP contribution in [0.3, 0.4) is 0 Å². The number of imidazole rings is 1. The van der Waals surface area contributed by atoms with Crippen LogP contribution in [0.1, 0.15) is 55.1 Å². The van der Waals surface area contributed by atoms with Crippen molar-refractivity contribution < 1.29 is 9.90 Å². The van der Waals surface area contributed by atoms with Gasteiger partial charge in [-0.25, -0.2) is 4.98 Å². The monoisotopic (exact) mass is 484 g/mol. The van der Waals surface area contributed by atoms with E-state index in [1.807, 2.05) is 31.3 Å². The van der Waals surface area contributed by atoms with Gasteiger partial charge in [0.15, 0.2) is 0 Å². The van der Waals surface area contributed by atoms with E-state index < -0.39 is 5.97 Å². The van der Waals surface area contributed by atoms with Crippen LogP contribution in [0.25, 0.3) is 28.5 Å². The highest BCUT2D eigenvalue weighted by Crippen LogP contribution is 2.48. The SMILES string of the molecule is Cc1cc(Cl)ccc1-c1cn(CCCC(=O)O)c(/C=C2\C3=C(CC=CCC3C)c3ccccc32)n1. The highest BCUT2D eigenvalue weighted by molar-refractivity contribution is 6.30. The topological polar surface area (TPSA) is 55.1 Å². The summed E-state index contributed by atoms with van der Waals surface area (Å²) in [6.07, 6.45) is 11.5. The van der Waals surface area contributed by atoms with Gasteiger partial charge in [0.05, 0.1) is 5.69 Å². The van der Waals surface area contributed by atoms with Crippen LogP contribution in [0.5, 0.6) is 0 Å². The molecule has 0 aliphatic heterocycles. The third kappa shape index (κ3) is 4.63. The van der Waals surface area contributed by atoms with Gasteiger partial charge in [-0.2, -0.15) is 0 Å². The molecule has 2 aromatic carbocycles. The average Bonchev–Trinajstić information content (AvgIpc) is 3.28. The van der Waals surface area contributed by atoms with Gasteiger partial charge in [-0.15, -0.1) is 0 Å². The van der Waals surface area contributed by atoms with Crippen molar-refractivity contribution in [3.05, 3.63) is 93.9 Å². The molecule has 0 saturated carbocycles. The van der Waals surface area contributed by atoms with Gasteiger partial charge >= 0.3 is 5.97 Å². The van der Waals surface area contributed by atoms with Gasteiger partial charge in [0.25, 0.3) is 0 Å². The molecule has 1 N–H and O–H groups in total. The molecule has 0 bridgehead atoms. The Hall–Kier alpha value is -3.37. The van der Waals surface area contributed by atoms with Gasteiger partial charge in [-0.05, 0) is 83.7 Å². The molecule has 1 unspecified atom stereocenters. The number of carbonyl (C=O) groups is 1. The van der Waals surface area contributed by atoms with Crippen molar-refractivity contribution in [2.45, 2.75) is 46.1 Å². The maximum absolute atomic E-state index is 11.2. The standard InChI is InChI=1S/C30H29ClN2O2/c1-19-8-3-4-11-25-23-9-5-6-10-24(23)26(30(19)25)17-28-32-27(18-33(28)15-7-12-29(34)35)22-14-13-21(31)16-20(22)2/h3-6,9-10,13-14,16-19H,7-8,11-12,15H2,1-2H3,(H,34,35)/b26-17-. The number of aliphatic carboxylic acids is 1. The summed E-state index contributed by atoms with van der Waals surface area (Å²) in [6.45, 7) is 4.93. The van der Waals surface area contributed by atoms with E-state index >= 15 is 0 Å². The van der Waals surface area contributed by atoms with E-state index in [0.717, 1.165) is 35.5 Å². The Kier molecular flexibility index (Phi) is 6.48. The predicted octanol–water partition coefficient (Wildman–Crippen LogP) is 7.67. The molecule has 2 aliphatic carbocycles. The number of carboxylic acids is 1. The minimum Gasteiger partial charge on any atom is -0.481 e. The highest BCUT2D eigenvalue weighted by atomic mass is 35.5. The van der Waals surface area contributed by atoms with Crippen LogP contribution in [0, 0.1) is 12.8 Å². The van der Waals surface area contributed by atoms with Gasteiger partial charge < -0.3 is 9.67 Å². The predicted molar refractivity (Wildman–Crippen MR) is 143 cm³/mol. The van der Waals surface area contributed by atoms with Crippen LogP contribution in [0.2, 0.25) is 5.02 Å². The lowest BCUT2D eigenvalue weighted by atomic mass is 9.90. The number of aromatic nitrogens is 2. The molecule has 2 aliphatic rings. The second kappa shape index (κ2) is 9.71. The van der Waals surface area contributed by atoms with Crippen molar-refractivity contribution in [1.29, 1.82) is 0 Å². The first kappa shape index (κ1) is 23.4. The minimum absolute atomic E-state index is 0.129. The largest absolute Gasteiger partial charge is 0.481 e. The summed E-state index contributed by atoms with van der Waals surface area (Å²) >= 11 is 6.19. The van der Waals surface area contributed by atoms with Gasteiger partial charge in [0.1, 0.15) is 5.82 Å². The first-order chi connectivity index (χ1) is 16.9. The third-order valence-corrected chi connectivity index (χ3v) is 7.20. The van der Waals surface area contributed by atoms with Crippen molar-refractivity contribution in [2.24, 2.45) is 5.92 Å². The van der Waals surface area contributed by atoms with Crippen LogP contribution < -0.4 is 0 Å². The normalized spacial score (nSPS) is 18.0. The van der Waals surface area contributed by atoms with Crippen LogP contribution in [-0.4, -0.2) is 20.6 Å². The molecule has 0 radical (unpaired) electrons. The maximum Gasteiger partial charge on any atom is 0.303 e. The summed E-state index contributed by atoms with van der Waals surface area (Å²) in [7, 11) is 0. The molecule has 4 nitrogen and oxygen atoms in total. The lowest BCUT2D eigenvalue weighted by Gasteiger charge is -2.15. The Labute approximate surface area is 211 Å². The quantitative estimate of drug-likeness (QED) is 0.365. The zero-order chi connectivity index (χ0) is 24.5. The van der Waals surface area contributed by atoms with Crippen molar-refractivity contribution in [3.63, 3.8) is 0 Å². The van der Waals surface area contributed by atoms with E-state index in [9.17, 15) is 4.79 Å². The summed E-state index contributed by atoms with van der Waals surface area (Å²) in [6, 6.07) is 14.5. The van der Waals surface area contributed by atoms with Gasteiger partial charge in [-0.3, -0.25) is 4.79 Å². The minimum atomic E-state index is -0.780. The van der Waals surface area contributed by atoms with E-state index in [-0.39, 0.29) is 6.42 Å². The number of aryl methyl sites for hydroxylation is 2. The Balaban J connectivity index is 1.63. The number of allylic oxidation sites excluding steroid dienone is 5. The van der Waals surface area contributed by atoms with E-state index in [1.54, 1.807) is 0 Å². The lowest BCUT2D eigenvalue weighted by Crippen LogP contribution is -2.04. The Bertz CT molecular complexity index is 1390. The molecule has 1 atom stereocenters. The van der Waals surface area contributed by atoms with E-state index in [1.165, 1.54) is 27.8 Å². The average molecular weight is 485 g/mol. The zero-order valence-electron chi connectivity index (χ0n) is 20.1. The molecular formula is C30H29ClN2O2. The molecule has 0 amide bonds. The van der Waals surface area contributed by atoms with E-state index in [0.29, 0.717) is 23.9 Å². The second-order valence-corrected chi connectivity index (χ2v) is 9.88. The fourth-order valence-electron chi connectivity index (χ4n) is 5.29.